The lowest BCUT2D eigenvalue weighted by atomic mass is 10.1. The van der Waals surface area contributed by atoms with Crippen LogP contribution in [0.1, 0.15) is 31.4 Å². The number of carbonyl (C=O) groups is 1. The summed E-state index contributed by atoms with van der Waals surface area (Å²) in [6.45, 7) is 2.56. The predicted octanol–water partition coefficient (Wildman–Crippen LogP) is 1.96. The van der Waals surface area contributed by atoms with Crippen molar-refractivity contribution >= 4 is 27.5 Å². The molecule has 1 aromatic carbocycles. The number of halogens is 1. The molecule has 3 N–H and O–H groups in total. The number of anilines is 1. The predicted molar refractivity (Wildman–Crippen MR) is 74.3 cm³/mol. The molecule has 2 rings (SSSR count). The number of rotatable bonds is 3. The summed E-state index contributed by atoms with van der Waals surface area (Å²) < 4.78 is 0.883. The smallest absolute Gasteiger partial charge is 0.240 e. The van der Waals surface area contributed by atoms with Crippen molar-refractivity contribution in [1.29, 1.82) is 0 Å². The number of aliphatic hydroxyl groups excluding tert-OH is 1. The molecule has 0 radical (unpaired) electrons. The van der Waals surface area contributed by atoms with E-state index in [4.69, 9.17) is 5.73 Å². The lowest BCUT2D eigenvalue weighted by molar-refractivity contribution is -0.119. The summed E-state index contributed by atoms with van der Waals surface area (Å²) in [7, 11) is 0. The van der Waals surface area contributed by atoms with Gasteiger partial charge in [0.1, 0.15) is 6.04 Å². The number of amides is 1. The third-order valence-corrected chi connectivity index (χ3v) is 3.98. The molecular formula is C13H17BrN2O2. The second-order valence-corrected chi connectivity index (χ2v) is 5.49. The summed E-state index contributed by atoms with van der Waals surface area (Å²) >= 11 is 3.50. The number of hydrogen-bond donors (Lipinski definition) is 2. The van der Waals surface area contributed by atoms with Gasteiger partial charge >= 0.3 is 0 Å². The summed E-state index contributed by atoms with van der Waals surface area (Å²) in [4.78, 5) is 13.4. The summed E-state index contributed by atoms with van der Waals surface area (Å²) in [6.07, 6.45) is 1.28. The lowest BCUT2D eigenvalue weighted by Crippen LogP contribution is -2.40. The monoisotopic (exact) mass is 312 g/mol. The molecule has 1 heterocycles. The Kier molecular flexibility index (Phi) is 3.92. The zero-order valence-electron chi connectivity index (χ0n) is 10.3. The minimum Gasteiger partial charge on any atom is -0.389 e. The zero-order valence-corrected chi connectivity index (χ0v) is 11.9. The summed E-state index contributed by atoms with van der Waals surface area (Å²) in [6, 6.07) is 5.46. The van der Waals surface area contributed by atoms with Gasteiger partial charge in [0.2, 0.25) is 5.91 Å². The first kappa shape index (κ1) is 13.4. The fourth-order valence-corrected chi connectivity index (χ4v) is 2.99. The maximum absolute atomic E-state index is 11.4. The van der Waals surface area contributed by atoms with Gasteiger partial charge in [0.05, 0.1) is 11.8 Å². The molecule has 98 valence electrons. The maximum Gasteiger partial charge on any atom is 0.240 e. The minimum atomic E-state index is -0.499. The number of benzene rings is 1. The Hall–Kier alpha value is -1.07. The van der Waals surface area contributed by atoms with Crippen LogP contribution in [-0.4, -0.2) is 23.6 Å². The highest BCUT2D eigenvalue weighted by molar-refractivity contribution is 9.10. The molecule has 0 bridgehead atoms. The van der Waals surface area contributed by atoms with Gasteiger partial charge < -0.3 is 15.7 Å². The third-order valence-electron chi connectivity index (χ3n) is 3.34. The van der Waals surface area contributed by atoms with Crippen molar-refractivity contribution in [2.24, 2.45) is 5.73 Å². The van der Waals surface area contributed by atoms with Crippen LogP contribution in [0.2, 0.25) is 0 Å². The number of hydrogen-bond acceptors (Lipinski definition) is 3. The second-order valence-electron chi connectivity index (χ2n) is 4.64. The minimum absolute atomic E-state index is 0.223. The Balaban J connectivity index is 2.31. The average Bonchev–Trinajstić information content (AvgIpc) is 2.77. The topological polar surface area (TPSA) is 66.6 Å². The van der Waals surface area contributed by atoms with E-state index in [0.717, 1.165) is 35.1 Å². The van der Waals surface area contributed by atoms with Crippen LogP contribution >= 0.6 is 15.9 Å². The van der Waals surface area contributed by atoms with E-state index in [0.29, 0.717) is 0 Å². The lowest BCUT2D eigenvalue weighted by Gasteiger charge is -2.26. The first-order chi connectivity index (χ1) is 8.50. The van der Waals surface area contributed by atoms with Gasteiger partial charge in [-0.1, -0.05) is 6.07 Å². The summed E-state index contributed by atoms with van der Waals surface area (Å²) in [5.74, 6) is -0.279. The number of primary amides is 1. The van der Waals surface area contributed by atoms with Crippen molar-refractivity contribution in [3.8, 4) is 0 Å². The molecule has 1 saturated heterocycles. The van der Waals surface area contributed by atoms with Gasteiger partial charge in [-0.25, -0.2) is 0 Å². The Morgan fingerprint density at radius 2 is 2.33 bits per heavy atom. The normalized spacial score (nSPS) is 21.1. The number of nitrogens with two attached hydrogens (primary N) is 1. The van der Waals surface area contributed by atoms with Crippen LogP contribution < -0.4 is 10.6 Å². The standard InChI is InChI=1S/C13H17BrN2O2/c1-8(17)9-4-5-11(10(14)7-9)16-6-2-3-12(16)13(15)18/h4-5,7-8,12,17H,2-3,6H2,1H3,(H2,15,18)/t8-,12?/m1/s1. The fraction of sp³-hybridized carbons (Fsp3) is 0.462. The van der Waals surface area contributed by atoms with E-state index in [9.17, 15) is 9.90 Å². The van der Waals surface area contributed by atoms with E-state index in [2.05, 4.69) is 15.9 Å². The van der Waals surface area contributed by atoms with Gasteiger partial charge in [-0.2, -0.15) is 0 Å². The van der Waals surface area contributed by atoms with Gasteiger partial charge in [0, 0.05) is 11.0 Å². The summed E-state index contributed by atoms with van der Waals surface area (Å²) in [5.41, 5.74) is 7.22. The van der Waals surface area contributed by atoms with E-state index in [1.54, 1.807) is 6.92 Å². The molecule has 0 spiro atoms. The Labute approximate surface area is 115 Å². The van der Waals surface area contributed by atoms with Crippen LogP contribution in [0.3, 0.4) is 0 Å². The number of nitrogens with zero attached hydrogens (tertiary/aromatic N) is 1. The van der Waals surface area contributed by atoms with E-state index < -0.39 is 6.10 Å². The summed E-state index contributed by atoms with van der Waals surface area (Å²) in [5, 5.41) is 9.54. The SMILES string of the molecule is C[C@@H](O)c1ccc(N2CCCC2C(N)=O)c(Br)c1. The van der Waals surface area contributed by atoms with Crippen LogP contribution in [0, 0.1) is 0 Å². The fourth-order valence-electron chi connectivity index (χ4n) is 2.37. The van der Waals surface area contributed by atoms with Crippen LogP contribution in [0.5, 0.6) is 0 Å². The molecule has 1 aliphatic heterocycles. The van der Waals surface area contributed by atoms with Crippen LogP contribution in [-0.2, 0) is 4.79 Å². The van der Waals surface area contributed by atoms with Crippen LogP contribution in [0.4, 0.5) is 5.69 Å². The molecule has 1 unspecified atom stereocenters. The molecule has 1 aromatic rings. The first-order valence-corrected chi connectivity index (χ1v) is 6.83. The van der Waals surface area contributed by atoms with E-state index in [1.807, 2.05) is 23.1 Å². The molecule has 2 atom stereocenters. The Morgan fingerprint density at radius 3 is 2.89 bits per heavy atom. The van der Waals surface area contributed by atoms with Crippen LogP contribution in [0.15, 0.2) is 22.7 Å². The number of aliphatic hydroxyl groups is 1. The van der Waals surface area contributed by atoms with Gasteiger partial charge in [0.15, 0.2) is 0 Å². The molecule has 5 heteroatoms. The van der Waals surface area contributed by atoms with Crippen molar-refractivity contribution in [1.82, 2.24) is 0 Å². The van der Waals surface area contributed by atoms with E-state index in [1.165, 1.54) is 0 Å². The highest BCUT2D eigenvalue weighted by Crippen LogP contribution is 2.33. The number of carbonyl (C=O) groups excluding carboxylic acids is 1. The highest BCUT2D eigenvalue weighted by atomic mass is 79.9. The van der Waals surface area contributed by atoms with E-state index >= 15 is 0 Å². The van der Waals surface area contributed by atoms with Crippen molar-refractivity contribution < 1.29 is 9.90 Å². The van der Waals surface area contributed by atoms with Crippen LogP contribution in [0.25, 0.3) is 0 Å². The van der Waals surface area contributed by atoms with Crippen molar-refractivity contribution in [2.45, 2.75) is 31.9 Å². The quantitative estimate of drug-likeness (QED) is 0.896. The highest BCUT2D eigenvalue weighted by Gasteiger charge is 2.30. The van der Waals surface area contributed by atoms with E-state index in [-0.39, 0.29) is 11.9 Å². The molecule has 18 heavy (non-hydrogen) atoms. The molecule has 0 aliphatic carbocycles. The van der Waals surface area contributed by atoms with Gasteiger partial charge in [-0.15, -0.1) is 0 Å². The first-order valence-electron chi connectivity index (χ1n) is 6.04. The molecule has 1 amide bonds. The molecule has 0 saturated carbocycles. The Morgan fingerprint density at radius 1 is 1.61 bits per heavy atom. The van der Waals surface area contributed by atoms with Gasteiger partial charge in [0.25, 0.3) is 0 Å². The Bertz CT molecular complexity index is 462. The van der Waals surface area contributed by atoms with Crippen molar-refractivity contribution in [3.63, 3.8) is 0 Å². The molecule has 1 aliphatic rings. The average molecular weight is 313 g/mol. The third kappa shape index (κ3) is 2.52. The van der Waals surface area contributed by atoms with Crippen molar-refractivity contribution in [2.75, 3.05) is 11.4 Å². The van der Waals surface area contributed by atoms with Crippen molar-refractivity contribution in [3.05, 3.63) is 28.2 Å². The molecule has 4 nitrogen and oxygen atoms in total. The molecule has 0 aromatic heterocycles. The van der Waals surface area contributed by atoms with Gasteiger partial charge in [-0.3, -0.25) is 4.79 Å². The molecular weight excluding hydrogens is 296 g/mol. The largest absolute Gasteiger partial charge is 0.389 e. The maximum atomic E-state index is 11.4. The second kappa shape index (κ2) is 5.28. The van der Waals surface area contributed by atoms with Gasteiger partial charge in [-0.05, 0) is 53.4 Å². The molecule has 1 fully saturated rings. The zero-order chi connectivity index (χ0) is 13.3.